The lowest BCUT2D eigenvalue weighted by molar-refractivity contribution is -0.460. The van der Waals surface area contributed by atoms with Gasteiger partial charge in [-0.1, -0.05) is 0 Å². The summed E-state index contributed by atoms with van der Waals surface area (Å²) in [4.78, 5) is 0. The normalized spacial score (nSPS) is 19.0. The molecular formula is C12H26O8Si. The molecule has 9 heteroatoms. The van der Waals surface area contributed by atoms with Gasteiger partial charge in [0.1, 0.15) is 6.10 Å². The van der Waals surface area contributed by atoms with Crippen LogP contribution in [0, 0.1) is 0 Å². The van der Waals surface area contributed by atoms with Gasteiger partial charge in [0.25, 0.3) is 0 Å². The van der Waals surface area contributed by atoms with E-state index in [2.05, 4.69) is 0 Å². The van der Waals surface area contributed by atoms with E-state index in [1.54, 1.807) is 0 Å². The Balaban J connectivity index is 2.46. The van der Waals surface area contributed by atoms with Crippen LogP contribution in [-0.4, -0.2) is 76.4 Å². The van der Waals surface area contributed by atoms with Gasteiger partial charge in [-0.2, -0.15) is 0 Å². The van der Waals surface area contributed by atoms with Gasteiger partial charge >= 0.3 is 15.0 Å². The highest BCUT2D eigenvalue weighted by atomic mass is 28.4. The topological polar surface area (TPSA) is 77.1 Å². The van der Waals surface area contributed by atoms with Crippen LogP contribution in [0.1, 0.15) is 6.42 Å². The SMILES string of the molecule is COC(OC)(OC)O[Si](CCCOCC1CO1)(OC)OC. The Kier molecular flexibility index (Phi) is 8.24. The molecule has 0 amide bonds. The second kappa shape index (κ2) is 9.13. The van der Waals surface area contributed by atoms with Crippen molar-refractivity contribution in [2.45, 2.75) is 24.7 Å². The van der Waals surface area contributed by atoms with Crippen LogP contribution in [0.5, 0.6) is 0 Å². The Hall–Kier alpha value is -0.103. The van der Waals surface area contributed by atoms with E-state index in [4.69, 9.17) is 37.0 Å². The summed E-state index contributed by atoms with van der Waals surface area (Å²) in [5.41, 5.74) is 0. The zero-order chi connectivity index (χ0) is 15.8. The van der Waals surface area contributed by atoms with Crippen molar-refractivity contribution < 1.29 is 37.0 Å². The molecule has 0 aromatic heterocycles. The smallest absolute Gasteiger partial charge is 0.379 e. The summed E-state index contributed by atoms with van der Waals surface area (Å²) >= 11 is 0. The van der Waals surface area contributed by atoms with Crippen LogP contribution in [0.4, 0.5) is 0 Å². The van der Waals surface area contributed by atoms with E-state index in [1.165, 1.54) is 35.5 Å². The third-order valence-corrected chi connectivity index (χ3v) is 5.90. The molecule has 0 spiro atoms. The van der Waals surface area contributed by atoms with Gasteiger partial charge in [-0.3, -0.25) is 4.43 Å². The van der Waals surface area contributed by atoms with E-state index in [-0.39, 0.29) is 6.10 Å². The molecule has 0 radical (unpaired) electrons. The van der Waals surface area contributed by atoms with Crippen molar-refractivity contribution in [3.05, 3.63) is 0 Å². The molecule has 1 heterocycles. The summed E-state index contributed by atoms with van der Waals surface area (Å²) < 4.78 is 42.6. The zero-order valence-electron chi connectivity index (χ0n) is 13.4. The van der Waals surface area contributed by atoms with Crippen LogP contribution in [0.25, 0.3) is 0 Å². The average Bonchev–Trinajstić information content (AvgIpc) is 3.35. The van der Waals surface area contributed by atoms with Crippen molar-refractivity contribution in [3.8, 4) is 0 Å². The summed E-state index contributed by atoms with van der Waals surface area (Å²) in [5.74, 6) is 0. The molecule has 0 saturated carbocycles. The Morgan fingerprint density at radius 3 is 2.05 bits per heavy atom. The maximum absolute atomic E-state index is 5.76. The molecule has 1 atom stereocenters. The minimum absolute atomic E-state index is 0.260. The number of hydrogen-bond acceptors (Lipinski definition) is 8. The predicted octanol–water partition coefficient (Wildman–Crippen LogP) is 0.591. The molecule has 0 aromatic rings. The molecule has 1 saturated heterocycles. The highest BCUT2D eigenvalue weighted by Crippen LogP contribution is 2.26. The lowest BCUT2D eigenvalue weighted by atomic mass is 10.5. The van der Waals surface area contributed by atoms with Gasteiger partial charge in [-0.25, -0.2) is 0 Å². The number of rotatable bonds is 13. The van der Waals surface area contributed by atoms with Gasteiger partial charge < -0.3 is 32.5 Å². The Morgan fingerprint density at radius 1 is 1.05 bits per heavy atom. The maximum Gasteiger partial charge on any atom is 0.506 e. The standard InChI is InChI=1S/C12H26O8Si/c1-13-12(14-2,15-3)20-21(16-4,17-5)8-6-7-18-9-11-10-19-11/h11H,6-10H2,1-5H3. The van der Waals surface area contributed by atoms with Gasteiger partial charge in [-0.15, -0.1) is 0 Å². The van der Waals surface area contributed by atoms with Crippen LogP contribution in [0.2, 0.25) is 6.04 Å². The minimum Gasteiger partial charge on any atom is -0.379 e. The second-order valence-electron chi connectivity index (χ2n) is 4.44. The van der Waals surface area contributed by atoms with Gasteiger partial charge in [0.15, 0.2) is 0 Å². The van der Waals surface area contributed by atoms with Crippen molar-refractivity contribution in [2.75, 3.05) is 55.4 Å². The van der Waals surface area contributed by atoms with Crippen LogP contribution in [0.3, 0.4) is 0 Å². The fourth-order valence-corrected chi connectivity index (χ4v) is 3.81. The fourth-order valence-electron chi connectivity index (χ4n) is 1.76. The number of ether oxygens (including phenoxy) is 5. The quantitative estimate of drug-likeness (QED) is 0.211. The van der Waals surface area contributed by atoms with Crippen LogP contribution in [0.15, 0.2) is 0 Å². The first-order valence-corrected chi connectivity index (χ1v) is 8.67. The molecular weight excluding hydrogens is 300 g/mol. The Labute approximate surface area is 126 Å². The third kappa shape index (κ3) is 5.89. The average molecular weight is 326 g/mol. The summed E-state index contributed by atoms with van der Waals surface area (Å²) in [5, 5.41) is 0. The summed E-state index contributed by atoms with van der Waals surface area (Å²) in [7, 11) is 4.31. The monoisotopic (exact) mass is 326 g/mol. The second-order valence-corrected chi connectivity index (χ2v) is 7.33. The summed E-state index contributed by atoms with van der Waals surface area (Å²) in [6.45, 7) is 1.98. The van der Waals surface area contributed by atoms with Crippen LogP contribution < -0.4 is 0 Å². The van der Waals surface area contributed by atoms with Gasteiger partial charge in [0.05, 0.1) is 13.2 Å². The molecule has 1 aliphatic heterocycles. The summed E-state index contributed by atoms with van der Waals surface area (Å²) in [6, 6.07) is 0.545. The van der Waals surface area contributed by atoms with E-state index in [1.807, 2.05) is 0 Å². The third-order valence-electron chi connectivity index (χ3n) is 3.13. The van der Waals surface area contributed by atoms with Gasteiger partial charge in [0, 0.05) is 48.2 Å². The van der Waals surface area contributed by atoms with E-state index in [0.717, 1.165) is 6.61 Å². The molecule has 1 rings (SSSR count). The first kappa shape index (κ1) is 18.9. The Bertz CT molecular complexity index is 270. The largest absolute Gasteiger partial charge is 0.506 e. The molecule has 8 nitrogen and oxygen atoms in total. The first-order chi connectivity index (χ1) is 10.1. The highest BCUT2D eigenvalue weighted by molar-refractivity contribution is 6.60. The van der Waals surface area contributed by atoms with Crippen LogP contribution in [-0.2, 0) is 37.0 Å². The molecule has 1 unspecified atom stereocenters. The van der Waals surface area contributed by atoms with E-state index >= 15 is 0 Å². The molecule has 1 fully saturated rings. The van der Waals surface area contributed by atoms with Crippen molar-refractivity contribution >= 4 is 8.80 Å². The predicted molar refractivity (Wildman–Crippen MR) is 74.6 cm³/mol. The maximum atomic E-state index is 5.76. The lowest BCUT2D eigenvalue weighted by Crippen LogP contribution is -2.54. The minimum atomic E-state index is -2.99. The molecule has 0 N–H and O–H groups in total. The number of hydrogen-bond donors (Lipinski definition) is 0. The van der Waals surface area contributed by atoms with Gasteiger partial charge in [-0.05, 0) is 6.42 Å². The molecule has 21 heavy (non-hydrogen) atoms. The number of epoxide rings is 1. The Morgan fingerprint density at radius 2 is 1.62 bits per heavy atom. The van der Waals surface area contributed by atoms with E-state index < -0.39 is 15.0 Å². The zero-order valence-corrected chi connectivity index (χ0v) is 14.4. The molecule has 0 bridgehead atoms. The van der Waals surface area contributed by atoms with Crippen molar-refractivity contribution in [1.29, 1.82) is 0 Å². The van der Waals surface area contributed by atoms with E-state index in [0.29, 0.717) is 25.7 Å². The summed E-state index contributed by atoms with van der Waals surface area (Å²) in [6.07, 6.45) is -0.661. The van der Waals surface area contributed by atoms with Crippen LogP contribution >= 0.6 is 0 Å². The molecule has 0 aromatic carbocycles. The van der Waals surface area contributed by atoms with Gasteiger partial charge in [0.2, 0.25) is 0 Å². The highest BCUT2D eigenvalue weighted by Gasteiger charge is 2.49. The molecule has 126 valence electrons. The van der Waals surface area contributed by atoms with Crippen molar-refractivity contribution in [1.82, 2.24) is 0 Å². The number of methoxy groups -OCH3 is 3. The lowest BCUT2D eigenvalue weighted by Gasteiger charge is -2.35. The van der Waals surface area contributed by atoms with Crippen molar-refractivity contribution in [2.24, 2.45) is 0 Å². The first-order valence-electron chi connectivity index (χ1n) is 6.74. The fraction of sp³-hybridized carbons (Fsp3) is 1.00. The van der Waals surface area contributed by atoms with E-state index in [9.17, 15) is 0 Å². The molecule has 1 aliphatic rings. The molecule has 0 aliphatic carbocycles. The van der Waals surface area contributed by atoms with Crippen molar-refractivity contribution in [3.63, 3.8) is 0 Å².